The average molecular weight is 410 g/mol. The minimum atomic E-state index is -0.145. The van der Waals surface area contributed by atoms with Crippen molar-refractivity contribution in [2.75, 3.05) is 13.4 Å². The molecule has 0 bridgehead atoms. The first-order valence-corrected chi connectivity index (χ1v) is 10.4. The number of para-hydroxylation sites is 1. The Bertz CT molecular complexity index is 1020. The van der Waals surface area contributed by atoms with E-state index < -0.39 is 0 Å². The lowest BCUT2D eigenvalue weighted by atomic mass is 10.1. The fraction of sp³-hybridized carbons (Fsp3) is 0.273. The standard InChI is InChI=1S/C22H22N2O4S/c1-3-26-18-7-5-4-6-17(18)22-24-16(12-29-22)11-21(25)23-14(2)15-8-9-19-20(10-15)28-13-27-19/h4-10,12,14H,3,11,13H2,1-2H3,(H,23,25). The summed E-state index contributed by atoms with van der Waals surface area (Å²) in [4.78, 5) is 17.1. The molecule has 29 heavy (non-hydrogen) atoms. The van der Waals surface area contributed by atoms with Gasteiger partial charge in [-0.2, -0.15) is 0 Å². The van der Waals surface area contributed by atoms with Gasteiger partial charge in [-0.15, -0.1) is 11.3 Å². The van der Waals surface area contributed by atoms with Gasteiger partial charge in [0.25, 0.3) is 0 Å². The molecule has 3 aromatic rings. The number of thiazole rings is 1. The van der Waals surface area contributed by atoms with Crippen molar-refractivity contribution in [2.24, 2.45) is 0 Å². The molecule has 6 nitrogen and oxygen atoms in total. The Labute approximate surface area is 173 Å². The fourth-order valence-corrected chi connectivity index (χ4v) is 4.01. The molecule has 7 heteroatoms. The monoisotopic (exact) mass is 410 g/mol. The zero-order valence-electron chi connectivity index (χ0n) is 16.3. The molecule has 0 fully saturated rings. The summed E-state index contributed by atoms with van der Waals surface area (Å²) in [5.74, 6) is 2.16. The highest BCUT2D eigenvalue weighted by molar-refractivity contribution is 7.13. The summed E-state index contributed by atoms with van der Waals surface area (Å²) >= 11 is 1.51. The Morgan fingerprint density at radius 3 is 2.93 bits per heavy atom. The topological polar surface area (TPSA) is 69.7 Å². The van der Waals surface area contributed by atoms with Crippen molar-refractivity contribution >= 4 is 17.2 Å². The molecular formula is C22H22N2O4S. The molecule has 0 aliphatic carbocycles. The van der Waals surface area contributed by atoms with Crippen LogP contribution in [0.25, 0.3) is 10.6 Å². The molecule has 1 unspecified atom stereocenters. The molecular weight excluding hydrogens is 388 g/mol. The first-order chi connectivity index (χ1) is 14.1. The van der Waals surface area contributed by atoms with Gasteiger partial charge in [0.2, 0.25) is 12.7 Å². The Hall–Kier alpha value is -3.06. The number of carbonyl (C=O) groups is 1. The maximum atomic E-state index is 12.5. The zero-order valence-corrected chi connectivity index (χ0v) is 17.1. The molecule has 0 spiro atoms. The molecule has 1 N–H and O–H groups in total. The molecule has 1 atom stereocenters. The van der Waals surface area contributed by atoms with Crippen LogP contribution in [0.4, 0.5) is 0 Å². The third kappa shape index (κ3) is 4.35. The molecule has 0 saturated carbocycles. The fourth-order valence-electron chi connectivity index (χ4n) is 3.16. The summed E-state index contributed by atoms with van der Waals surface area (Å²) in [5.41, 5.74) is 2.65. The predicted molar refractivity (Wildman–Crippen MR) is 112 cm³/mol. The molecule has 150 valence electrons. The van der Waals surface area contributed by atoms with Crippen LogP contribution in [-0.4, -0.2) is 24.3 Å². The van der Waals surface area contributed by atoms with E-state index in [2.05, 4.69) is 10.3 Å². The maximum absolute atomic E-state index is 12.5. The van der Waals surface area contributed by atoms with Gasteiger partial charge >= 0.3 is 0 Å². The summed E-state index contributed by atoms with van der Waals surface area (Å²) in [6.45, 7) is 4.73. The van der Waals surface area contributed by atoms with Crippen molar-refractivity contribution in [3.8, 4) is 27.8 Å². The molecule has 1 aliphatic heterocycles. The van der Waals surface area contributed by atoms with Crippen LogP contribution in [-0.2, 0) is 11.2 Å². The lowest BCUT2D eigenvalue weighted by Gasteiger charge is -2.14. The minimum Gasteiger partial charge on any atom is -0.493 e. The van der Waals surface area contributed by atoms with E-state index in [-0.39, 0.29) is 25.2 Å². The average Bonchev–Trinajstić information content (AvgIpc) is 3.37. The molecule has 2 aromatic carbocycles. The van der Waals surface area contributed by atoms with Crippen molar-refractivity contribution in [3.05, 3.63) is 59.1 Å². The lowest BCUT2D eigenvalue weighted by molar-refractivity contribution is -0.121. The number of benzene rings is 2. The number of carbonyl (C=O) groups excluding carboxylic acids is 1. The van der Waals surface area contributed by atoms with Crippen LogP contribution in [0.2, 0.25) is 0 Å². The number of hydrogen-bond donors (Lipinski definition) is 1. The minimum absolute atomic E-state index is 0.0786. The van der Waals surface area contributed by atoms with Crippen molar-refractivity contribution in [1.29, 1.82) is 0 Å². The Morgan fingerprint density at radius 1 is 1.24 bits per heavy atom. The molecule has 2 heterocycles. The van der Waals surface area contributed by atoms with E-state index in [1.54, 1.807) is 0 Å². The Morgan fingerprint density at radius 2 is 2.07 bits per heavy atom. The van der Waals surface area contributed by atoms with E-state index in [0.717, 1.165) is 33.3 Å². The first-order valence-electron chi connectivity index (χ1n) is 9.49. The van der Waals surface area contributed by atoms with Gasteiger partial charge in [-0.1, -0.05) is 18.2 Å². The van der Waals surface area contributed by atoms with Crippen molar-refractivity contribution in [2.45, 2.75) is 26.3 Å². The summed E-state index contributed by atoms with van der Waals surface area (Å²) in [6, 6.07) is 13.4. The Balaban J connectivity index is 1.41. The number of rotatable bonds is 7. The lowest BCUT2D eigenvalue weighted by Crippen LogP contribution is -2.28. The Kier molecular flexibility index (Phi) is 5.67. The number of amides is 1. The summed E-state index contributed by atoms with van der Waals surface area (Å²) in [7, 11) is 0. The number of fused-ring (bicyclic) bond motifs is 1. The van der Waals surface area contributed by atoms with E-state index in [0.29, 0.717) is 12.4 Å². The van der Waals surface area contributed by atoms with Crippen molar-refractivity contribution in [3.63, 3.8) is 0 Å². The van der Waals surface area contributed by atoms with Crippen LogP contribution in [0.3, 0.4) is 0 Å². The van der Waals surface area contributed by atoms with Crippen LogP contribution < -0.4 is 19.5 Å². The van der Waals surface area contributed by atoms with Crippen molar-refractivity contribution < 1.29 is 19.0 Å². The van der Waals surface area contributed by atoms with E-state index in [1.165, 1.54) is 11.3 Å². The third-order valence-corrected chi connectivity index (χ3v) is 5.51. The highest BCUT2D eigenvalue weighted by Gasteiger charge is 2.18. The van der Waals surface area contributed by atoms with E-state index in [4.69, 9.17) is 14.2 Å². The van der Waals surface area contributed by atoms with Gasteiger partial charge in [0.1, 0.15) is 10.8 Å². The molecule has 1 amide bonds. The highest BCUT2D eigenvalue weighted by atomic mass is 32.1. The molecule has 4 rings (SSSR count). The number of nitrogens with zero attached hydrogens (tertiary/aromatic N) is 1. The van der Waals surface area contributed by atoms with Gasteiger partial charge < -0.3 is 19.5 Å². The number of hydrogen-bond acceptors (Lipinski definition) is 6. The number of aromatic nitrogens is 1. The van der Waals surface area contributed by atoms with Gasteiger partial charge in [0.05, 0.1) is 30.3 Å². The summed E-state index contributed by atoms with van der Waals surface area (Å²) in [5, 5.41) is 5.79. The quantitative estimate of drug-likeness (QED) is 0.627. The van der Waals surface area contributed by atoms with Crippen molar-refractivity contribution in [1.82, 2.24) is 10.3 Å². The number of ether oxygens (including phenoxy) is 3. The first kappa shape index (κ1) is 19.3. The van der Waals surface area contributed by atoms with Gasteiger partial charge in [-0.25, -0.2) is 4.98 Å². The molecule has 0 radical (unpaired) electrons. The van der Waals surface area contributed by atoms with Gasteiger partial charge in [-0.05, 0) is 43.7 Å². The normalized spacial score (nSPS) is 13.2. The van der Waals surface area contributed by atoms with Crippen LogP contribution in [0.15, 0.2) is 47.8 Å². The summed E-state index contributed by atoms with van der Waals surface area (Å²) in [6.07, 6.45) is 0.224. The largest absolute Gasteiger partial charge is 0.493 e. The van der Waals surface area contributed by atoms with E-state index >= 15 is 0 Å². The predicted octanol–water partition coefficient (Wildman–Crippen LogP) is 4.36. The second-order valence-corrected chi connectivity index (χ2v) is 7.51. The third-order valence-electron chi connectivity index (χ3n) is 4.58. The second-order valence-electron chi connectivity index (χ2n) is 6.65. The van der Waals surface area contributed by atoms with Crippen LogP contribution in [0, 0.1) is 0 Å². The maximum Gasteiger partial charge on any atom is 0.231 e. The zero-order chi connectivity index (χ0) is 20.2. The summed E-state index contributed by atoms with van der Waals surface area (Å²) < 4.78 is 16.4. The molecule has 0 saturated heterocycles. The highest BCUT2D eigenvalue weighted by Crippen LogP contribution is 2.34. The SMILES string of the molecule is CCOc1ccccc1-c1nc(CC(=O)NC(C)c2ccc3c(c2)OCO3)cs1. The molecule has 1 aromatic heterocycles. The van der Waals surface area contributed by atoms with Gasteiger partial charge in [-0.3, -0.25) is 4.79 Å². The van der Waals surface area contributed by atoms with Gasteiger partial charge in [0.15, 0.2) is 11.5 Å². The smallest absolute Gasteiger partial charge is 0.231 e. The van der Waals surface area contributed by atoms with Crippen LogP contribution in [0.1, 0.15) is 31.1 Å². The van der Waals surface area contributed by atoms with Crippen LogP contribution in [0.5, 0.6) is 17.2 Å². The van der Waals surface area contributed by atoms with E-state index in [1.807, 2.05) is 61.7 Å². The second kappa shape index (κ2) is 8.53. The van der Waals surface area contributed by atoms with Crippen LogP contribution >= 0.6 is 11.3 Å². The van der Waals surface area contributed by atoms with E-state index in [9.17, 15) is 4.79 Å². The molecule has 1 aliphatic rings. The van der Waals surface area contributed by atoms with Gasteiger partial charge in [0, 0.05) is 5.38 Å². The number of nitrogens with one attached hydrogen (secondary N) is 1.